The predicted molar refractivity (Wildman–Crippen MR) is 102 cm³/mol. The molecule has 4 nitrogen and oxygen atoms in total. The fourth-order valence-corrected chi connectivity index (χ4v) is 3.52. The third kappa shape index (κ3) is 5.05. The number of hydrogen-bond acceptors (Lipinski definition) is 4. The Bertz CT molecular complexity index is 685. The summed E-state index contributed by atoms with van der Waals surface area (Å²) in [6, 6.07) is 15.6. The molecule has 0 saturated carbocycles. The first kappa shape index (κ1) is 19.5. The first-order valence-electron chi connectivity index (χ1n) is 8.63. The zero-order chi connectivity index (χ0) is 18.5. The molecule has 2 rings (SSSR count). The molecule has 1 aromatic carbocycles. The summed E-state index contributed by atoms with van der Waals surface area (Å²) < 4.78 is 12.1. The highest BCUT2D eigenvalue weighted by Crippen LogP contribution is 2.40. The molecular formula is C20H28N2O2Si. The van der Waals surface area contributed by atoms with Crippen molar-refractivity contribution in [2.75, 3.05) is 0 Å². The number of furan rings is 1. The van der Waals surface area contributed by atoms with Crippen LogP contribution in [0.2, 0.25) is 18.1 Å². The van der Waals surface area contributed by atoms with Gasteiger partial charge in [0.15, 0.2) is 8.32 Å². The van der Waals surface area contributed by atoms with E-state index in [2.05, 4.69) is 45.3 Å². The molecule has 0 amide bonds. The van der Waals surface area contributed by atoms with Gasteiger partial charge < -0.3 is 8.84 Å². The van der Waals surface area contributed by atoms with Gasteiger partial charge >= 0.3 is 0 Å². The Balaban J connectivity index is 2.20. The van der Waals surface area contributed by atoms with Gasteiger partial charge in [-0.3, -0.25) is 5.32 Å². The van der Waals surface area contributed by atoms with Crippen molar-refractivity contribution in [2.24, 2.45) is 0 Å². The number of benzene rings is 1. The van der Waals surface area contributed by atoms with Gasteiger partial charge in [-0.2, -0.15) is 5.26 Å². The van der Waals surface area contributed by atoms with E-state index in [4.69, 9.17) is 8.84 Å². The van der Waals surface area contributed by atoms with Crippen LogP contribution in [0.15, 0.2) is 53.1 Å². The second-order valence-electron chi connectivity index (χ2n) is 7.79. The van der Waals surface area contributed by atoms with Crippen LogP contribution in [0, 0.1) is 11.3 Å². The molecule has 1 heterocycles. The number of nitrogens with one attached hydrogen (secondary N) is 1. The maximum Gasteiger partial charge on any atom is 0.193 e. The summed E-state index contributed by atoms with van der Waals surface area (Å²) in [5, 5.41) is 13.1. The molecule has 0 aliphatic rings. The van der Waals surface area contributed by atoms with Crippen LogP contribution in [-0.2, 0) is 11.0 Å². The molecule has 0 aliphatic carbocycles. The van der Waals surface area contributed by atoms with Crippen LogP contribution in [0.3, 0.4) is 0 Å². The van der Waals surface area contributed by atoms with Crippen molar-refractivity contribution < 1.29 is 8.84 Å². The standard InChI is InChI=1S/C20H28N2O2Si/c1-20(2,3)25(4,5)24-19(18-12-9-13-23-18)17(14-21)22-15-16-10-7-6-8-11-16/h6-13,17,19,22H,15H2,1-5H3/t17-,19-/m0/s1. The van der Waals surface area contributed by atoms with Gasteiger partial charge in [0, 0.05) is 6.54 Å². The molecule has 0 bridgehead atoms. The minimum absolute atomic E-state index is 0.0529. The fraction of sp³-hybridized carbons (Fsp3) is 0.450. The van der Waals surface area contributed by atoms with Gasteiger partial charge in [0.1, 0.15) is 17.9 Å². The molecule has 2 aromatic rings. The van der Waals surface area contributed by atoms with Gasteiger partial charge in [-0.25, -0.2) is 0 Å². The Morgan fingerprint density at radius 2 is 1.84 bits per heavy atom. The number of rotatable bonds is 7. The SMILES string of the molecule is CC(C)(C)[Si](C)(C)O[C@H](c1ccco1)[C@H](C#N)NCc1ccccc1. The van der Waals surface area contributed by atoms with Crippen molar-refractivity contribution in [3.8, 4) is 6.07 Å². The predicted octanol–water partition coefficient (Wildman–Crippen LogP) is 5.02. The molecule has 1 N–H and O–H groups in total. The van der Waals surface area contributed by atoms with E-state index in [0.717, 1.165) is 5.56 Å². The van der Waals surface area contributed by atoms with Crippen molar-refractivity contribution in [1.29, 1.82) is 5.26 Å². The van der Waals surface area contributed by atoms with E-state index in [0.29, 0.717) is 12.3 Å². The molecule has 25 heavy (non-hydrogen) atoms. The fourth-order valence-electron chi connectivity index (χ4n) is 2.28. The van der Waals surface area contributed by atoms with Crippen LogP contribution in [0.1, 0.15) is 38.2 Å². The molecule has 0 unspecified atom stereocenters. The molecule has 0 radical (unpaired) electrons. The van der Waals surface area contributed by atoms with E-state index < -0.39 is 20.5 Å². The second kappa shape index (κ2) is 8.00. The minimum Gasteiger partial charge on any atom is -0.467 e. The van der Waals surface area contributed by atoms with Crippen molar-refractivity contribution >= 4 is 8.32 Å². The molecule has 0 spiro atoms. The van der Waals surface area contributed by atoms with Crippen LogP contribution in [0.25, 0.3) is 0 Å². The molecule has 2 atom stereocenters. The Hall–Kier alpha value is -1.87. The van der Waals surface area contributed by atoms with E-state index >= 15 is 0 Å². The van der Waals surface area contributed by atoms with Crippen LogP contribution in [-0.4, -0.2) is 14.4 Å². The Labute approximate surface area is 151 Å². The molecule has 0 aliphatic heterocycles. The number of hydrogen-bond donors (Lipinski definition) is 1. The van der Waals surface area contributed by atoms with Gasteiger partial charge in [0.05, 0.1) is 12.3 Å². The summed E-state index contributed by atoms with van der Waals surface area (Å²) in [5.41, 5.74) is 1.13. The Morgan fingerprint density at radius 3 is 2.36 bits per heavy atom. The maximum atomic E-state index is 9.75. The molecule has 5 heteroatoms. The monoisotopic (exact) mass is 356 g/mol. The second-order valence-corrected chi connectivity index (χ2v) is 12.5. The first-order chi connectivity index (χ1) is 11.7. The average molecular weight is 357 g/mol. The lowest BCUT2D eigenvalue weighted by Crippen LogP contribution is -2.46. The van der Waals surface area contributed by atoms with E-state index in [1.54, 1.807) is 6.26 Å². The van der Waals surface area contributed by atoms with E-state index in [1.165, 1.54) is 0 Å². The van der Waals surface area contributed by atoms with Crippen molar-refractivity contribution in [1.82, 2.24) is 5.32 Å². The van der Waals surface area contributed by atoms with Gasteiger partial charge in [0.25, 0.3) is 0 Å². The van der Waals surface area contributed by atoms with Gasteiger partial charge in [0.2, 0.25) is 0 Å². The van der Waals surface area contributed by atoms with Gasteiger partial charge in [-0.15, -0.1) is 0 Å². The third-order valence-electron chi connectivity index (χ3n) is 4.86. The number of nitrogens with zero attached hydrogens (tertiary/aromatic N) is 1. The highest BCUT2D eigenvalue weighted by molar-refractivity contribution is 6.74. The normalized spacial score (nSPS) is 14.7. The quantitative estimate of drug-likeness (QED) is 0.707. The summed E-state index contributed by atoms with van der Waals surface area (Å²) in [5.74, 6) is 0.692. The maximum absolute atomic E-state index is 9.75. The zero-order valence-corrected chi connectivity index (χ0v) is 16.7. The summed E-state index contributed by atoms with van der Waals surface area (Å²) >= 11 is 0. The lowest BCUT2D eigenvalue weighted by atomic mass is 10.1. The third-order valence-corrected chi connectivity index (χ3v) is 9.32. The Morgan fingerprint density at radius 1 is 1.16 bits per heavy atom. The first-order valence-corrected chi connectivity index (χ1v) is 11.5. The van der Waals surface area contributed by atoms with Crippen molar-refractivity contribution in [3.05, 3.63) is 60.1 Å². The molecular weight excluding hydrogens is 328 g/mol. The smallest absolute Gasteiger partial charge is 0.193 e. The highest BCUT2D eigenvalue weighted by atomic mass is 28.4. The van der Waals surface area contributed by atoms with E-state index in [9.17, 15) is 5.26 Å². The lowest BCUT2D eigenvalue weighted by molar-refractivity contribution is 0.132. The summed E-state index contributed by atoms with van der Waals surface area (Å²) in [6.07, 6.45) is 1.20. The summed E-state index contributed by atoms with van der Waals surface area (Å²) in [6.45, 7) is 11.6. The minimum atomic E-state index is -2.06. The van der Waals surface area contributed by atoms with Crippen LogP contribution in [0.4, 0.5) is 0 Å². The largest absolute Gasteiger partial charge is 0.467 e. The summed E-state index contributed by atoms with van der Waals surface area (Å²) in [4.78, 5) is 0. The van der Waals surface area contributed by atoms with Crippen molar-refractivity contribution in [2.45, 2.75) is 57.6 Å². The zero-order valence-electron chi connectivity index (χ0n) is 15.7. The number of nitriles is 1. The molecule has 0 saturated heterocycles. The van der Waals surface area contributed by atoms with Gasteiger partial charge in [-0.1, -0.05) is 51.1 Å². The Kier molecular flexibility index (Phi) is 6.23. The molecule has 134 valence electrons. The topological polar surface area (TPSA) is 58.2 Å². The van der Waals surface area contributed by atoms with Crippen LogP contribution in [0.5, 0.6) is 0 Å². The summed E-state index contributed by atoms with van der Waals surface area (Å²) in [7, 11) is -2.06. The van der Waals surface area contributed by atoms with Crippen molar-refractivity contribution in [3.63, 3.8) is 0 Å². The molecule has 0 fully saturated rings. The van der Waals surface area contributed by atoms with Gasteiger partial charge in [-0.05, 0) is 35.8 Å². The highest BCUT2D eigenvalue weighted by Gasteiger charge is 2.42. The van der Waals surface area contributed by atoms with Crippen LogP contribution >= 0.6 is 0 Å². The van der Waals surface area contributed by atoms with E-state index in [-0.39, 0.29) is 5.04 Å². The van der Waals surface area contributed by atoms with Crippen LogP contribution < -0.4 is 5.32 Å². The average Bonchev–Trinajstić information content (AvgIpc) is 3.08. The van der Waals surface area contributed by atoms with E-state index in [1.807, 2.05) is 42.5 Å². The lowest BCUT2D eigenvalue weighted by Gasteiger charge is -2.39. The molecule has 1 aromatic heterocycles.